The molecule has 294 valence electrons. The van der Waals surface area contributed by atoms with Crippen LogP contribution in [0.3, 0.4) is 0 Å². The number of nitrogens with one attached hydrogen (secondary N) is 2. The summed E-state index contributed by atoms with van der Waals surface area (Å²) in [6.07, 6.45) is 8.60. The average Bonchev–Trinajstić information content (AvgIpc) is 3.51. The molecule has 0 amide bonds. The number of hydrogen-bond acceptors (Lipinski definition) is 3. The Hall–Kier alpha value is -3.32. The lowest BCUT2D eigenvalue weighted by atomic mass is 9.78. The summed E-state index contributed by atoms with van der Waals surface area (Å²) < 4.78 is 1.32. The quantitative estimate of drug-likeness (QED) is 0.158. The molecule has 5 atom stereocenters. The van der Waals surface area contributed by atoms with E-state index in [1.165, 1.54) is 105 Å². The van der Waals surface area contributed by atoms with Gasteiger partial charge in [-0.3, -0.25) is 0 Å². The Labute approximate surface area is 333 Å². The number of aryl methyl sites for hydroxylation is 4. The smallest absolute Gasteiger partial charge is 0.112 e. The third-order valence-corrected chi connectivity index (χ3v) is 13.7. The zero-order valence-electron chi connectivity index (χ0n) is 35.2. The Bertz CT molecular complexity index is 1870. The molecule has 5 unspecified atom stereocenters. The molecule has 55 heavy (non-hydrogen) atoms. The molecule has 7 aliphatic rings. The van der Waals surface area contributed by atoms with Crippen LogP contribution in [0.2, 0.25) is 0 Å². The molecule has 0 spiro atoms. The average molecular weight is 743 g/mol. The maximum atomic E-state index is 9.93. The van der Waals surface area contributed by atoms with E-state index in [1.807, 2.05) is 7.05 Å². The summed E-state index contributed by atoms with van der Waals surface area (Å²) in [7, 11) is 6.55. The molecule has 3 N–H and O–H groups in total. The van der Waals surface area contributed by atoms with Crippen molar-refractivity contribution in [3.05, 3.63) is 140 Å². The monoisotopic (exact) mass is 743 g/mol. The van der Waals surface area contributed by atoms with Gasteiger partial charge < -0.3 is 15.1 Å². The molecule has 2 saturated heterocycles. The third-order valence-electron chi connectivity index (χ3n) is 13.7. The topological polar surface area (TPSA) is 44.3 Å². The number of benzene rings is 4. The van der Waals surface area contributed by atoms with Gasteiger partial charge in [-0.05, 0) is 115 Å². The summed E-state index contributed by atoms with van der Waals surface area (Å²) in [5, 5.41) is 17.0. The highest BCUT2D eigenvalue weighted by Crippen LogP contribution is 2.44. The van der Waals surface area contributed by atoms with Crippen LogP contribution in [0.15, 0.2) is 72.8 Å². The normalized spacial score (nSPS) is 26.6. The van der Waals surface area contributed by atoms with Gasteiger partial charge in [0, 0.05) is 51.9 Å². The van der Waals surface area contributed by atoms with Crippen LogP contribution in [0.4, 0.5) is 0 Å². The van der Waals surface area contributed by atoms with Crippen molar-refractivity contribution in [1.29, 1.82) is 0 Å². The van der Waals surface area contributed by atoms with Crippen molar-refractivity contribution in [2.75, 3.05) is 73.5 Å². The second-order valence-electron chi connectivity index (χ2n) is 18.9. The molecular weight excluding hydrogens is 673 g/mol. The molecule has 4 aromatic rings. The largest absolute Gasteiger partial charge is 0.328 e. The second kappa shape index (κ2) is 17.0. The SMILES string of the molecule is Cc1ccc2c(c1)C1CCC2CNC1.Cc1ccc2c(c1)C1CNCC2C1.Cc1ccc2c(c1)CC[N+](C)(C)CC2.Cc1ccc2c(c1)CC[N+](C)(O)CC2. The van der Waals surface area contributed by atoms with Gasteiger partial charge >= 0.3 is 0 Å². The summed E-state index contributed by atoms with van der Waals surface area (Å²) >= 11 is 0. The molecule has 5 aliphatic heterocycles. The van der Waals surface area contributed by atoms with Gasteiger partial charge in [0.2, 0.25) is 0 Å². The number of hydrogen-bond donors (Lipinski definition) is 3. The van der Waals surface area contributed by atoms with E-state index in [9.17, 15) is 5.21 Å². The minimum atomic E-state index is 0.160. The van der Waals surface area contributed by atoms with Gasteiger partial charge in [-0.15, -0.1) is 0 Å². The van der Waals surface area contributed by atoms with Crippen LogP contribution < -0.4 is 10.6 Å². The van der Waals surface area contributed by atoms with E-state index in [-0.39, 0.29) is 4.65 Å². The summed E-state index contributed by atoms with van der Waals surface area (Å²) in [5.74, 6) is 3.16. The molecule has 0 radical (unpaired) electrons. The number of rotatable bonds is 0. The van der Waals surface area contributed by atoms with Crippen molar-refractivity contribution < 1.29 is 14.3 Å². The minimum absolute atomic E-state index is 0.160. The van der Waals surface area contributed by atoms with E-state index in [2.05, 4.69) is 125 Å². The highest BCUT2D eigenvalue weighted by molar-refractivity contribution is 5.43. The Morgan fingerprint density at radius 3 is 1.40 bits per heavy atom. The van der Waals surface area contributed by atoms with Crippen LogP contribution in [0.1, 0.15) is 110 Å². The van der Waals surface area contributed by atoms with Crippen LogP contribution >= 0.6 is 0 Å². The van der Waals surface area contributed by atoms with Crippen molar-refractivity contribution in [2.24, 2.45) is 0 Å². The molecule has 2 fully saturated rings. The van der Waals surface area contributed by atoms with Crippen molar-refractivity contribution in [3.63, 3.8) is 0 Å². The summed E-state index contributed by atoms with van der Waals surface area (Å²) in [5.41, 5.74) is 18.0. The highest BCUT2D eigenvalue weighted by Gasteiger charge is 2.34. The second-order valence-corrected chi connectivity index (χ2v) is 18.9. The van der Waals surface area contributed by atoms with Gasteiger partial charge in [0.05, 0.1) is 34.2 Å². The molecule has 5 heterocycles. The first-order chi connectivity index (χ1) is 26.3. The summed E-state index contributed by atoms with van der Waals surface area (Å²) in [6.45, 7) is 17.7. The molecule has 11 rings (SSSR count). The predicted molar refractivity (Wildman–Crippen MR) is 230 cm³/mol. The van der Waals surface area contributed by atoms with E-state index in [4.69, 9.17) is 0 Å². The maximum Gasteiger partial charge on any atom is 0.112 e. The molecule has 4 aromatic carbocycles. The zero-order valence-corrected chi connectivity index (χ0v) is 35.2. The fourth-order valence-electron chi connectivity index (χ4n) is 10.1. The fraction of sp³-hybridized carbons (Fsp3) is 0.520. The Morgan fingerprint density at radius 1 is 0.455 bits per heavy atom. The third kappa shape index (κ3) is 9.98. The molecule has 2 aliphatic carbocycles. The van der Waals surface area contributed by atoms with Gasteiger partial charge in [-0.1, -0.05) is 95.1 Å². The number of fused-ring (bicyclic) bond motifs is 10. The predicted octanol–water partition coefficient (Wildman–Crippen LogP) is 8.83. The van der Waals surface area contributed by atoms with Crippen LogP contribution in [-0.2, 0) is 25.7 Å². The number of hydroxylamine groups is 3. The van der Waals surface area contributed by atoms with Gasteiger partial charge in [0.1, 0.15) is 13.1 Å². The van der Waals surface area contributed by atoms with E-state index in [1.54, 1.807) is 33.4 Å². The van der Waals surface area contributed by atoms with E-state index in [0.717, 1.165) is 54.1 Å². The van der Waals surface area contributed by atoms with Crippen LogP contribution in [-0.4, -0.2) is 87.8 Å². The Balaban J connectivity index is 0.000000113. The van der Waals surface area contributed by atoms with Crippen LogP contribution in [0, 0.1) is 27.7 Å². The lowest BCUT2D eigenvalue weighted by Gasteiger charge is -2.27. The van der Waals surface area contributed by atoms with Crippen molar-refractivity contribution in [1.82, 2.24) is 10.6 Å². The number of quaternary nitrogens is 2. The first-order valence-electron chi connectivity index (χ1n) is 21.5. The number of piperidine rings is 1. The number of nitrogens with zero attached hydrogens (tertiary/aromatic N) is 2. The first-order valence-corrected chi connectivity index (χ1v) is 21.5. The molecule has 0 aromatic heterocycles. The summed E-state index contributed by atoms with van der Waals surface area (Å²) in [6, 6.07) is 27.5. The molecule has 4 bridgehead atoms. The van der Waals surface area contributed by atoms with E-state index < -0.39 is 0 Å². The highest BCUT2D eigenvalue weighted by atomic mass is 16.5. The minimum Gasteiger partial charge on any atom is -0.328 e. The van der Waals surface area contributed by atoms with E-state index in [0.29, 0.717) is 0 Å². The van der Waals surface area contributed by atoms with Crippen LogP contribution in [0.25, 0.3) is 0 Å². The van der Waals surface area contributed by atoms with Crippen molar-refractivity contribution in [2.45, 2.75) is 96.3 Å². The standard InChI is InChI=1S/C13H17N.C13H20N.C12H18NO.C12H15N/c1-9-2-5-12-10-3-4-11(8-14-7-10)13(12)6-9;1-11-4-5-12-6-8-14(2,3)9-7-13(12)10-11;1-10-3-4-11-5-7-13(2,14)8-6-12(11)9-10;1-8-2-3-11-9-5-10(7-13-6-9)12(11)4-8/h2,5-6,10-11,14H,3-4,7-8H2,1H3;4-5,10H,6-9H2,1-3H3;3-4,9,14H,5-8H2,1-2H3;2-4,9-10,13H,5-7H2,1H3/q;2*+1;. The van der Waals surface area contributed by atoms with Gasteiger partial charge in [0.15, 0.2) is 0 Å². The van der Waals surface area contributed by atoms with Crippen molar-refractivity contribution in [3.8, 4) is 0 Å². The summed E-state index contributed by atoms with van der Waals surface area (Å²) in [4.78, 5) is 0. The lowest BCUT2D eigenvalue weighted by Crippen LogP contribution is -2.42. The van der Waals surface area contributed by atoms with Crippen molar-refractivity contribution >= 4 is 0 Å². The first kappa shape index (κ1) is 39.9. The maximum absolute atomic E-state index is 9.93. The Kier molecular flexibility index (Phi) is 12.4. The van der Waals surface area contributed by atoms with Gasteiger partial charge in [-0.25, -0.2) is 5.21 Å². The van der Waals surface area contributed by atoms with Gasteiger partial charge in [0.25, 0.3) is 0 Å². The molecule has 5 nitrogen and oxygen atoms in total. The number of likely N-dealkylation sites (N-methyl/N-ethyl adjacent to an activating group) is 2. The van der Waals surface area contributed by atoms with E-state index >= 15 is 0 Å². The molecule has 5 heteroatoms. The lowest BCUT2D eigenvalue weighted by molar-refractivity contribution is -1.09. The van der Waals surface area contributed by atoms with Crippen LogP contribution in [0.5, 0.6) is 0 Å². The molecule has 0 saturated carbocycles. The van der Waals surface area contributed by atoms with Gasteiger partial charge in [-0.2, -0.15) is 4.65 Å². The Morgan fingerprint density at radius 2 is 0.836 bits per heavy atom. The fourth-order valence-corrected chi connectivity index (χ4v) is 10.1. The zero-order chi connectivity index (χ0) is 38.7. The molecular formula is C50H70N4O+2.